The molecular weight excluding hydrogens is 243 g/mol. The Hall–Kier alpha value is -1.20. The number of rotatable bonds is 3. The maximum absolute atomic E-state index is 11.4. The van der Waals surface area contributed by atoms with Crippen molar-refractivity contribution in [3.05, 3.63) is 22.2 Å². The van der Waals surface area contributed by atoms with Crippen LogP contribution in [0.2, 0.25) is 10.3 Å². The highest BCUT2D eigenvalue weighted by atomic mass is 35.5. The van der Waals surface area contributed by atoms with Crippen LogP contribution in [-0.4, -0.2) is 28.3 Å². The quantitative estimate of drug-likeness (QED) is 0.461. The molecule has 0 N–H and O–H groups in total. The van der Waals surface area contributed by atoms with Crippen molar-refractivity contribution in [1.82, 2.24) is 9.97 Å². The van der Waals surface area contributed by atoms with E-state index in [1.165, 1.54) is 0 Å². The van der Waals surface area contributed by atoms with Crippen molar-refractivity contribution in [2.24, 2.45) is 0 Å². The molecule has 0 saturated heterocycles. The molecule has 0 atom stereocenters. The zero-order chi connectivity index (χ0) is 11.4. The first kappa shape index (κ1) is 11.9. The van der Waals surface area contributed by atoms with Gasteiger partial charge in [-0.05, 0) is 6.92 Å². The van der Waals surface area contributed by atoms with Crippen LogP contribution in [0.1, 0.15) is 17.4 Å². The molecule has 5 nitrogen and oxygen atoms in total. The maximum Gasteiger partial charge on any atom is 0.381 e. The first-order valence-electron chi connectivity index (χ1n) is 3.95. The number of hydrogen-bond acceptors (Lipinski definition) is 5. The molecule has 0 aromatic carbocycles. The highest BCUT2D eigenvalue weighted by molar-refractivity contribution is 6.44. The van der Waals surface area contributed by atoms with Crippen molar-refractivity contribution >= 4 is 35.0 Å². The first-order chi connectivity index (χ1) is 7.06. The van der Waals surface area contributed by atoms with Crippen molar-refractivity contribution in [3.8, 4) is 0 Å². The van der Waals surface area contributed by atoms with Crippen LogP contribution in [-0.2, 0) is 9.53 Å². The first-order valence-corrected chi connectivity index (χ1v) is 4.71. The Bertz CT molecular complexity index is 409. The summed E-state index contributed by atoms with van der Waals surface area (Å²) in [5, 5.41) is -0.180. The average Bonchev–Trinajstić information content (AvgIpc) is 2.17. The van der Waals surface area contributed by atoms with Crippen LogP contribution in [0.4, 0.5) is 0 Å². The smallest absolute Gasteiger partial charge is 0.381 e. The minimum atomic E-state index is -1.02. The molecule has 15 heavy (non-hydrogen) atoms. The Morgan fingerprint density at radius 2 is 2.13 bits per heavy atom. The van der Waals surface area contributed by atoms with Gasteiger partial charge in [0.05, 0.1) is 12.8 Å². The van der Waals surface area contributed by atoms with Gasteiger partial charge < -0.3 is 4.74 Å². The van der Waals surface area contributed by atoms with E-state index >= 15 is 0 Å². The van der Waals surface area contributed by atoms with Gasteiger partial charge in [-0.3, -0.25) is 4.79 Å². The predicted molar refractivity (Wildman–Crippen MR) is 53.0 cm³/mol. The second-order valence-corrected chi connectivity index (χ2v) is 3.13. The summed E-state index contributed by atoms with van der Waals surface area (Å²) in [7, 11) is 0. The van der Waals surface area contributed by atoms with Crippen molar-refractivity contribution in [2.45, 2.75) is 6.92 Å². The molecule has 0 aliphatic rings. The van der Waals surface area contributed by atoms with E-state index in [9.17, 15) is 9.59 Å². The molecule has 0 saturated carbocycles. The lowest BCUT2D eigenvalue weighted by molar-refractivity contribution is -0.137. The third-order valence-electron chi connectivity index (χ3n) is 1.38. The van der Waals surface area contributed by atoms with Gasteiger partial charge >= 0.3 is 5.97 Å². The Kier molecular flexibility index (Phi) is 3.99. The summed E-state index contributed by atoms with van der Waals surface area (Å²) in [5.41, 5.74) is -0.264. The number of esters is 1. The van der Waals surface area contributed by atoms with Gasteiger partial charge in [-0.15, -0.1) is 0 Å². The number of hydrogen-bond donors (Lipinski definition) is 0. The van der Waals surface area contributed by atoms with E-state index in [1.807, 2.05) is 0 Å². The number of Topliss-reactive ketones (excluding diaryl/α,β-unsaturated/α-hetero) is 1. The zero-order valence-electron chi connectivity index (χ0n) is 7.66. The van der Waals surface area contributed by atoms with E-state index in [-0.39, 0.29) is 22.6 Å². The van der Waals surface area contributed by atoms with Crippen molar-refractivity contribution in [1.29, 1.82) is 0 Å². The van der Waals surface area contributed by atoms with E-state index in [0.717, 1.165) is 6.20 Å². The molecule has 0 radical (unpaired) electrons. The molecule has 0 spiro atoms. The standard InChI is InChI=1S/C8H6Cl2N2O3/c1-2-15-8(14)6(13)5-7(10)12-4(9)3-11-5/h3H,2H2,1H3. The summed E-state index contributed by atoms with van der Waals surface area (Å²) in [6.07, 6.45) is 1.12. The monoisotopic (exact) mass is 248 g/mol. The molecule has 0 unspecified atom stereocenters. The highest BCUT2D eigenvalue weighted by Crippen LogP contribution is 2.14. The van der Waals surface area contributed by atoms with Crippen LogP contribution < -0.4 is 0 Å². The SMILES string of the molecule is CCOC(=O)C(=O)c1ncc(Cl)nc1Cl. The molecule has 0 amide bonds. The second-order valence-electron chi connectivity index (χ2n) is 2.38. The molecule has 0 bridgehead atoms. The third kappa shape index (κ3) is 2.87. The fourth-order valence-corrected chi connectivity index (χ4v) is 1.19. The van der Waals surface area contributed by atoms with Gasteiger partial charge in [0.25, 0.3) is 5.78 Å². The molecule has 7 heteroatoms. The molecule has 1 aromatic rings. The predicted octanol–water partition coefficient (Wildman–Crippen LogP) is 1.53. The van der Waals surface area contributed by atoms with Crippen LogP contribution in [0.3, 0.4) is 0 Å². The molecule has 0 fully saturated rings. The van der Waals surface area contributed by atoms with E-state index in [2.05, 4.69) is 14.7 Å². The number of carbonyl (C=O) groups is 2. The molecule has 1 rings (SSSR count). The number of nitrogens with zero attached hydrogens (tertiary/aromatic N) is 2. The van der Waals surface area contributed by atoms with Gasteiger partial charge in [-0.1, -0.05) is 23.2 Å². The molecule has 1 aromatic heterocycles. The summed E-state index contributed by atoms with van der Waals surface area (Å²) in [6.45, 7) is 1.68. The van der Waals surface area contributed by atoms with Gasteiger partial charge in [-0.25, -0.2) is 14.8 Å². The number of ether oxygens (including phenoxy) is 1. The van der Waals surface area contributed by atoms with E-state index in [4.69, 9.17) is 23.2 Å². The maximum atomic E-state index is 11.4. The third-order valence-corrected chi connectivity index (χ3v) is 1.82. The number of halogens is 2. The topological polar surface area (TPSA) is 69.2 Å². The minimum absolute atomic E-state index is 0.0420. The molecule has 0 aliphatic carbocycles. The van der Waals surface area contributed by atoms with Crippen LogP contribution >= 0.6 is 23.2 Å². The Morgan fingerprint density at radius 3 is 2.67 bits per heavy atom. The summed E-state index contributed by atoms with van der Waals surface area (Å²) in [4.78, 5) is 29.6. The fourth-order valence-electron chi connectivity index (χ4n) is 0.792. The van der Waals surface area contributed by atoms with E-state index in [0.29, 0.717) is 0 Å². The van der Waals surface area contributed by atoms with Gasteiger partial charge in [0.15, 0.2) is 10.8 Å². The van der Waals surface area contributed by atoms with Gasteiger partial charge in [-0.2, -0.15) is 0 Å². The lowest BCUT2D eigenvalue weighted by Crippen LogP contribution is -2.19. The van der Waals surface area contributed by atoms with Gasteiger partial charge in [0.1, 0.15) is 5.15 Å². The largest absolute Gasteiger partial charge is 0.460 e. The summed E-state index contributed by atoms with van der Waals surface area (Å²) in [6, 6.07) is 0. The number of aromatic nitrogens is 2. The van der Waals surface area contributed by atoms with Crippen molar-refractivity contribution < 1.29 is 14.3 Å². The molecule has 0 aliphatic heterocycles. The normalized spacial score (nSPS) is 9.80. The summed E-state index contributed by atoms with van der Waals surface area (Å²) >= 11 is 11.1. The zero-order valence-corrected chi connectivity index (χ0v) is 9.17. The van der Waals surface area contributed by atoms with Crippen molar-refractivity contribution in [2.75, 3.05) is 6.61 Å². The average molecular weight is 249 g/mol. The van der Waals surface area contributed by atoms with E-state index < -0.39 is 11.8 Å². The molecule has 80 valence electrons. The lowest BCUT2D eigenvalue weighted by atomic mass is 10.3. The summed E-state index contributed by atoms with van der Waals surface area (Å²) < 4.78 is 4.50. The molecule has 1 heterocycles. The van der Waals surface area contributed by atoms with Crippen molar-refractivity contribution in [3.63, 3.8) is 0 Å². The fraction of sp³-hybridized carbons (Fsp3) is 0.250. The second kappa shape index (κ2) is 5.04. The Balaban J connectivity index is 2.96. The highest BCUT2D eigenvalue weighted by Gasteiger charge is 2.22. The van der Waals surface area contributed by atoms with Crippen LogP contribution in [0, 0.1) is 0 Å². The Morgan fingerprint density at radius 1 is 1.47 bits per heavy atom. The van der Waals surface area contributed by atoms with Gasteiger partial charge in [0.2, 0.25) is 0 Å². The number of ketones is 1. The van der Waals surface area contributed by atoms with E-state index in [1.54, 1.807) is 6.92 Å². The Labute approximate surface area is 95.4 Å². The van der Waals surface area contributed by atoms with Crippen LogP contribution in [0.5, 0.6) is 0 Å². The lowest BCUT2D eigenvalue weighted by Gasteiger charge is -2.01. The number of carbonyl (C=O) groups excluding carboxylic acids is 2. The van der Waals surface area contributed by atoms with Gasteiger partial charge in [0, 0.05) is 0 Å². The van der Waals surface area contributed by atoms with Crippen LogP contribution in [0.15, 0.2) is 6.20 Å². The summed E-state index contributed by atoms with van der Waals surface area (Å²) in [5.74, 6) is -1.96. The van der Waals surface area contributed by atoms with Crippen LogP contribution in [0.25, 0.3) is 0 Å². The molecular formula is C8H6Cl2N2O3. The minimum Gasteiger partial charge on any atom is -0.460 e.